The Labute approximate surface area is 245 Å². The van der Waals surface area contributed by atoms with Gasteiger partial charge in [0.25, 0.3) is 11.8 Å². The molecule has 0 aliphatic carbocycles. The minimum absolute atomic E-state index is 0.0205. The normalized spacial score (nSPS) is 19.3. The number of nitrogens with one attached hydrogen (secondary N) is 1. The number of β-lactam (4-membered cyclic amide) rings is 1. The van der Waals surface area contributed by atoms with Gasteiger partial charge in [0.2, 0.25) is 17.7 Å². The lowest BCUT2D eigenvalue weighted by atomic mass is 10.0. The fourth-order valence-corrected chi connectivity index (χ4v) is 6.83. The maximum Gasteiger partial charge on any atom is 0.352 e. The first-order valence-electron chi connectivity index (χ1n) is 11.7. The molecule has 2 aliphatic rings. The number of fused-ring (bicyclic) bond motifs is 1. The lowest BCUT2D eigenvalue weighted by Crippen LogP contribution is -2.71. The van der Waals surface area contributed by atoms with E-state index in [-0.39, 0.29) is 39.6 Å². The number of carboxylic acids is 2. The lowest BCUT2D eigenvalue weighted by Gasteiger charge is -2.49. The number of aliphatic carboxylic acids is 2. The first-order valence-corrected chi connectivity index (χ1v) is 14.7. The van der Waals surface area contributed by atoms with Gasteiger partial charge in [-0.2, -0.15) is 0 Å². The van der Waals surface area contributed by atoms with E-state index in [0.717, 1.165) is 16.2 Å². The van der Waals surface area contributed by atoms with Crippen LogP contribution in [0.15, 0.2) is 27.0 Å². The van der Waals surface area contributed by atoms with Gasteiger partial charge in [-0.05, 0) is 31.2 Å². The molecule has 0 aromatic carbocycles. The Morgan fingerprint density at radius 1 is 1.32 bits per heavy atom. The monoisotopic (exact) mass is 624 g/mol. The zero-order chi connectivity index (χ0) is 30.2. The average molecular weight is 625 g/mol. The van der Waals surface area contributed by atoms with Gasteiger partial charge in [0.1, 0.15) is 22.8 Å². The molecule has 0 bridgehead atoms. The van der Waals surface area contributed by atoms with Crippen molar-refractivity contribution in [2.75, 3.05) is 28.7 Å². The van der Waals surface area contributed by atoms with Crippen molar-refractivity contribution in [2.45, 2.75) is 36.5 Å². The molecule has 19 heteroatoms. The van der Waals surface area contributed by atoms with Gasteiger partial charge in [0, 0.05) is 16.9 Å². The van der Waals surface area contributed by atoms with Gasteiger partial charge in [0.15, 0.2) is 10.8 Å². The van der Waals surface area contributed by atoms with Gasteiger partial charge in [-0.1, -0.05) is 10.1 Å². The Morgan fingerprint density at radius 3 is 2.63 bits per heavy atom. The maximum absolute atomic E-state index is 13.1. The minimum Gasteiger partial charge on any atom is -0.478 e. The van der Waals surface area contributed by atoms with Crippen molar-refractivity contribution in [1.29, 1.82) is 0 Å². The van der Waals surface area contributed by atoms with Gasteiger partial charge >= 0.3 is 17.1 Å². The van der Waals surface area contributed by atoms with E-state index in [4.69, 9.17) is 27.1 Å². The first kappa shape index (κ1) is 29.9. The zero-order valence-corrected chi connectivity index (χ0v) is 24.3. The second-order valence-corrected chi connectivity index (χ2v) is 11.8. The molecule has 3 atom stereocenters. The number of carbonyl (C=O) groups excluding carboxylic acids is 2. The Hall–Kier alpha value is -4.10. The van der Waals surface area contributed by atoms with Gasteiger partial charge < -0.3 is 37.6 Å². The number of carbonyl (C=O) groups is 4. The predicted octanol–water partition coefficient (Wildman–Crippen LogP) is -0.858. The number of carboxylic acid groups (broad SMARTS) is 2. The van der Waals surface area contributed by atoms with Crippen LogP contribution >= 0.6 is 34.9 Å². The molecule has 16 nitrogen and oxygen atoms in total. The molecule has 2 aliphatic heterocycles. The topological polar surface area (TPSA) is 253 Å². The summed E-state index contributed by atoms with van der Waals surface area (Å²) in [7, 11) is 1.71. The van der Waals surface area contributed by atoms with Crippen LogP contribution in [0.2, 0.25) is 0 Å². The summed E-state index contributed by atoms with van der Waals surface area (Å²) in [5.41, 5.74) is 18.2. The molecule has 0 spiro atoms. The molecular weight excluding hydrogens is 598 g/mol. The van der Waals surface area contributed by atoms with Crippen LogP contribution in [0.4, 0.5) is 16.8 Å². The van der Waals surface area contributed by atoms with Crippen molar-refractivity contribution in [3.63, 3.8) is 0 Å². The van der Waals surface area contributed by atoms with Crippen molar-refractivity contribution in [2.24, 2.45) is 12.2 Å². The summed E-state index contributed by atoms with van der Waals surface area (Å²) in [6.07, 6.45) is -1.37. The number of thiazole rings is 1. The predicted molar refractivity (Wildman–Crippen MR) is 151 cm³/mol. The molecule has 1 fully saturated rings. The summed E-state index contributed by atoms with van der Waals surface area (Å²) in [5.74, 6) is -2.97. The highest BCUT2D eigenvalue weighted by molar-refractivity contribution is 8.01. The zero-order valence-electron chi connectivity index (χ0n) is 21.9. The molecule has 1 saturated heterocycles. The molecule has 41 heavy (non-hydrogen) atoms. The lowest BCUT2D eigenvalue weighted by molar-refractivity contribution is -0.699. The van der Waals surface area contributed by atoms with E-state index in [2.05, 4.69) is 20.4 Å². The van der Waals surface area contributed by atoms with Crippen LogP contribution in [-0.2, 0) is 31.1 Å². The van der Waals surface area contributed by atoms with E-state index < -0.39 is 41.3 Å². The number of hydrogen-bond donors (Lipinski definition) is 6. The van der Waals surface area contributed by atoms with Crippen LogP contribution < -0.4 is 27.1 Å². The second-order valence-electron chi connectivity index (χ2n) is 8.85. The van der Waals surface area contributed by atoms with Crippen molar-refractivity contribution >= 4 is 81.1 Å². The van der Waals surface area contributed by atoms with E-state index in [9.17, 15) is 24.3 Å². The van der Waals surface area contributed by atoms with Gasteiger partial charge in [-0.25, -0.2) is 19.1 Å². The summed E-state index contributed by atoms with van der Waals surface area (Å²) in [4.78, 5) is 63.9. The van der Waals surface area contributed by atoms with Gasteiger partial charge in [-0.3, -0.25) is 14.5 Å². The molecule has 9 N–H and O–H groups in total. The molecule has 0 radical (unpaired) electrons. The van der Waals surface area contributed by atoms with E-state index in [1.54, 1.807) is 18.5 Å². The number of nitrogens with zero attached hydrogens (tertiary/aromatic N) is 5. The van der Waals surface area contributed by atoms with E-state index in [1.807, 2.05) is 0 Å². The third-order valence-electron chi connectivity index (χ3n) is 6.17. The van der Waals surface area contributed by atoms with Crippen molar-refractivity contribution in [3.05, 3.63) is 27.9 Å². The summed E-state index contributed by atoms with van der Waals surface area (Å²) in [6, 6.07) is -1.08. The Morgan fingerprint density at radius 2 is 2.02 bits per heavy atom. The van der Waals surface area contributed by atoms with E-state index in [0.29, 0.717) is 22.1 Å². The number of aromatic nitrogens is 3. The van der Waals surface area contributed by atoms with Crippen LogP contribution in [0, 0.1) is 6.92 Å². The number of thioether (sulfide) groups is 2. The molecule has 0 saturated carbocycles. The highest BCUT2D eigenvalue weighted by Gasteiger charge is 2.54. The molecule has 4 heterocycles. The third kappa shape index (κ3) is 5.86. The number of oxime groups is 1. The Bertz CT molecular complexity index is 1510. The molecule has 2 amide bonds. The Kier molecular flexibility index (Phi) is 8.59. The van der Waals surface area contributed by atoms with Crippen LogP contribution in [0.1, 0.15) is 18.2 Å². The smallest absolute Gasteiger partial charge is 0.352 e. The van der Waals surface area contributed by atoms with Crippen molar-refractivity contribution in [3.8, 4) is 0 Å². The number of rotatable bonds is 10. The SMILES string of the molecule is Cc1c(N)nc(SCC2=C(C(=O)O)N3C(=O)C(NC(=O)/C(=N\O[C@H](C)C(=O)O)c4csc(N)n4)[C@H]3SC2)[n+](C)c1N. The first-order chi connectivity index (χ1) is 19.3. The molecule has 218 valence electrons. The van der Waals surface area contributed by atoms with E-state index >= 15 is 0 Å². The number of amides is 2. The molecule has 4 rings (SSSR count). The quantitative estimate of drug-likeness (QED) is 0.0470. The van der Waals surface area contributed by atoms with Crippen molar-refractivity contribution in [1.82, 2.24) is 20.2 Å². The average Bonchev–Trinajstić information content (AvgIpc) is 3.36. The number of anilines is 3. The third-order valence-corrected chi connectivity index (χ3v) is 9.30. The molecule has 2 aromatic rings. The van der Waals surface area contributed by atoms with Crippen LogP contribution in [0.25, 0.3) is 0 Å². The fraction of sp³-hybridized carbons (Fsp3) is 0.364. The summed E-state index contributed by atoms with van der Waals surface area (Å²) >= 11 is 3.52. The van der Waals surface area contributed by atoms with E-state index in [1.165, 1.54) is 35.8 Å². The fourth-order valence-electron chi connectivity index (χ4n) is 3.81. The van der Waals surface area contributed by atoms with Crippen LogP contribution in [-0.4, -0.2) is 83.6 Å². The summed E-state index contributed by atoms with van der Waals surface area (Å²) in [5, 5.41) is 26.5. The van der Waals surface area contributed by atoms with Crippen molar-refractivity contribution < 1.29 is 38.8 Å². The summed E-state index contributed by atoms with van der Waals surface area (Å²) < 4.78 is 1.65. The molecule has 2 aromatic heterocycles. The number of nitrogens with two attached hydrogens (primary N) is 3. The highest BCUT2D eigenvalue weighted by atomic mass is 32.2. The van der Waals surface area contributed by atoms with Crippen LogP contribution in [0.3, 0.4) is 0 Å². The number of nitrogen functional groups attached to an aromatic ring is 3. The molecular formula is C22H26N9O7S3+. The van der Waals surface area contributed by atoms with Gasteiger partial charge in [-0.15, -0.1) is 23.1 Å². The van der Waals surface area contributed by atoms with Crippen LogP contribution in [0.5, 0.6) is 0 Å². The number of hydrogen-bond acceptors (Lipinski definition) is 14. The maximum atomic E-state index is 13.1. The second kappa shape index (κ2) is 11.8. The standard InChI is InChI=1S/C22H25N9O7S3/c1-7-14(23)28-22(30(3)15(7)24)41-5-9-4-39-18-12(17(33)31(18)13(9)20(36)37)27-16(32)11(10-6-40-21(25)26-10)29-38-8(2)19(34)35/h6,8,12,18H,4-5H2,1-3H3,(H8,23,24,25,26,27,32,34,35,36,37)/p+1/b29-11-/t8-,12?,18-/m1/s1. The van der Waals surface area contributed by atoms with Gasteiger partial charge in [0.05, 0.1) is 12.6 Å². The minimum atomic E-state index is -1.37. The molecule has 1 unspecified atom stereocenters. The highest BCUT2D eigenvalue weighted by Crippen LogP contribution is 2.41. The largest absolute Gasteiger partial charge is 0.478 e. The summed E-state index contributed by atoms with van der Waals surface area (Å²) in [6.45, 7) is 2.96. The Balaban J connectivity index is 1.52.